The van der Waals surface area contributed by atoms with Crippen molar-refractivity contribution in [2.45, 2.75) is 18.4 Å². The average molecular weight is 371 g/mol. The molecule has 27 heavy (non-hydrogen) atoms. The summed E-state index contributed by atoms with van der Waals surface area (Å²) in [7, 11) is 3.46. The molecule has 0 aromatic carbocycles. The van der Waals surface area contributed by atoms with Gasteiger partial charge in [0.05, 0.1) is 11.2 Å². The number of urea groups is 1. The number of hydrogen-bond donors (Lipinski definition) is 1. The molecule has 2 saturated heterocycles. The normalized spacial score (nSPS) is 25.4. The lowest BCUT2D eigenvalue weighted by Gasteiger charge is -2.50. The van der Waals surface area contributed by atoms with E-state index in [2.05, 4.69) is 4.98 Å². The maximum absolute atomic E-state index is 13.0. The van der Waals surface area contributed by atoms with Crippen LogP contribution in [0.2, 0.25) is 0 Å². The number of fused-ring (bicyclic) bond motifs is 2. The fourth-order valence-electron chi connectivity index (χ4n) is 4.17. The molecule has 2 aromatic heterocycles. The third-order valence-electron chi connectivity index (χ3n) is 5.85. The van der Waals surface area contributed by atoms with Gasteiger partial charge in [0.25, 0.3) is 5.91 Å². The van der Waals surface area contributed by atoms with Crippen molar-refractivity contribution in [3.63, 3.8) is 0 Å². The highest BCUT2D eigenvalue weighted by Crippen LogP contribution is 2.36. The van der Waals surface area contributed by atoms with E-state index in [9.17, 15) is 14.7 Å². The third kappa shape index (κ3) is 3.14. The van der Waals surface area contributed by atoms with Crippen molar-refractivity contribution in [2.24, 2.45) is 5.92 Å². The topological polar surface area (TPSA) is 81.4 Å². The highest BCUT2D eigenvalue weighted by molar-refractivity contribution is 5.94. The van der Waals surface area contributed by atoms with Crippen molar-refractivity contribution in [1.82, 2.24) is 24.1 Å². The lowest BCUT2D eigenvalue weighted by atomic mass is 9.75. The molecule has 3 amide bonds. The van der Waals surface area contributed by atoms with Gasteiger partial charge >= 0.3 is 6.03 Å². The highest BCUT2D eigenvalue weighted by atomic mass is 16.3. The number of pyridine rings is 1. The number of rotatable bonds is 1. The number of carbonyl (C=O) groups is 2. The molecule has 4 rings (SSSR count). The van der Waals surface area contributed by atoms with Gasteiger partial charge in [0.2, 0.25) is 0 Å². The fourth-order valence-corrected chi connectivity index (χ4v) is 4.17. The quantitative estimate of drug-likeness (QED) is 0.808. The molecule has 0 saturated carbocycles. The van der Waals surface area contributed by atoms with Crippen molar-refractivity contribution >= 4 is 17.6 Å². The number of carbonyl (C=O) groups excluding carboxylic acids is 2. The van der Waals surface area contributed by atoms with Gasteiger partial charge in [0.15, 0.2) is 0 Å². The predicted molar refractivity (Wildman–Crippen MR) is 99.4 cm³/mol. The average Bonchev–Trinajstić information content (AvgIpc) is 3.13. The van der Waals surface area contributed by atoms with Gasteiger partial charge in [-0.3, -0.25) is 4.79 Å². The maximum Gasteiger partial charge on any atom is 0.319 e. The first-order valence-electron chi connectivity index (χ1n) is 9.28. The van der Waals surface area contributed by atoms with E-state index in [0.717, 1.165) is 5.65 Å². The van der Waals surface area contributed by atoms with Crippen molar-refractivity contribution in [3.8, 4) is 0 Å². The van der Waals surface area contributed by atoms with Gasteiger partial charge in [0.1, 0.15) is 5.65 Å². The number of aromatic nitrogens is 2. The van der Waals surface area contributed by atoms with Crippen molar-refractivity contribution in [3.05, 3.63) is 36.3 Å². The summed E-state index contributed by atoms with van der Waals surface area (Å²) in [6.45, 7) is 2.00. The number of piperidine rings is 2. The first-order valence-corrected chi connectivity index (χ1v) is 9.28. The minimum absolute atomic E-state index is 0.0499. The van der Waals surface area contributed by atoms with Gasteiger partial charge in [-0.1, -0.05) is 0 Å². The van der Waals surface area contributed by atoms with E-state index in [1.165, 1.54) is 0 Å². The van der Waals surface area contributed by atoms with Crippen molar-refractivity contribution in [2.75, 3.05) is 40.3 Å². The lowest BCUT2D eigenvalue weighted by molar-refractivity contribution is -0.100. The van der Waals surface area contributed by atoms with Gasteiger partial charge in [-0.15, -0.1) is 0 Å². The number of hydrogen-bond acceptors (Lipinski definition) is 4. The molecule has 0 unspecified atom stereocenters. The smallest absolute Gasteiger partial charge is 0.319 e. The molecule has 4 heterocycles. The Morgan fingerprint density at radius 1 is 1.19 bits per heavy atom. The molecule has 2 fully saturated rings. The fraction of sp³-hybridized carbons (Fsp3) is 0.526. The Hall–Kier alpha value is -2.61. The number of likely N-dealkylation sites (tertiary alicyclic amines) is 2. The molecule has 0 spiro atoms. The van der Waals surface area contributed by atoms with Gasteiger partial charge in [-0.25, -0.2) is 9.78 Å². The molecule has 2 aromatic rings. The molecule has 2 aliphatic heterocycles. The first kappa shape index (κ1) is 17.8. The molecule has 8 heteroatoms. The number of aliphatic hydroxyl groups is 1. The molecular formula is C19H25N5O3. The summed E-state index contributed by atoms with van der Waals surface area (Å²) in [5.41, 5.74) is 0.599. The molecule has 0 aliphatic carbocycles. The summed E-state index contributed by atoms with van der Waals surface area (Å²) in [6, 6.07) is 3.56. The van der Waals surface area contributed by atoms with Crippen LogP contribution >= 0.6 is 0 Å². The Bertz CT molecular complexity index is 879. The zero-order valence-corrected chi connectivity index (χ0v) is 15.7. The van der Waals surface area contributed by atoms with Crippen LogP contribution in [-0.4, -0.2) is 87.0 Å². The number of amides is 3. The molecule has 0 radical (unpaired) electrons. The monoisotopic (exact) mass is 371 g/mol. The second kappa shape index (κ2) is 6.53. The lowest BCUT2D eigenvalue weighted by Crippen LogP contribution is -2.62. The molecule has 0 bridgehead atoms. The third-order valence-corrected chi connectivity index (χ3v) is 5.85. The Morgan fingerprint density at radius 3 is 2.63 bits per heavy atom. The Balaban J connectivity index is 1.51. The standard InChI is InChI=1S/C19H25N5O3/c1-21(2)18(26)24-9-6-19(27)5-8-23(12-15(19)13-24)17(25)14-3-4-16-20-7-10-22(16)11-14/h3-4,7,10-11,15,27H,5-6,8-9,12-13H2,1-2H3/t15-,19-/m0/s1. The van der Waals surface area contributed by atoms with Gasteiger partial charge in [-0.05, 0) is 25.0 Å². The van der Waals surface area contributed by atoms with Crippen LogP contribution in [0.15, 0.2) is 30.7 Å². The highest BCUT2D eigenvalue weighted by Gasteiger charge is 2.47. The Kier molecular flexibility index (Phi) is 4.30. The van der Waals surface area contributed by atoms with Crippen LogP contribution in [-0.2, 0) is 0 Å². The summed E-state index contributed by atoms with van der Waals surface area (Å²) < 4.78 is 1.83. The van der Waals surface area contributed by atoms with Crippen LogP contribution in [0, 0.1) is 5.92 Å². The van der Waals surface area contributed by atoms with E-state index < -0.39 is 5.60 Å². The van der Waals surface area contributed by atoms with Crippen LogP contribution in [0.4, 0.5) is 4.79 Å². The van der Waals surface area contributed by atoms with Crippen molar-refractivity contribution in [1.29, 1.82) is 0 Å². The van der Waals surface area contributed by atoms with Gasteiger partial charge < -0.3 is 24.2 Å². The van der Waals surface area contributed by atoms with Crippen LogP contribution < -0.4 is 0 Å². The summed E-state index contributed by atoms with van der Waals surface area (Å²) in [4.78, 5) is 34.6. The van der Waals surface area contributed by atoms with Crippen molar-refractivity contribution < 1.29 is 14.7 Å². The van der Waals surface area contributed by atoms with E-state index in [-0.39, 0.29) is 17.9 Å². The Labute approximate surface area is 158 Å². The second-order valence-corrected chi connectivity index (χ2v) is 7.79. The predicted octanol–water partition coefficient (Wildman–Crippen LogP) is 0.915. The molecule has 144 valence electrons. The SMILES string of the molecule is CN(C)C(=O)N1CC[C@@]2(O)CCN(C(=O)c3ccc4nccn4c3)C[C@H]2C1. The zero-order chi connectivity index (χ0) is 19.2. The van der Waals surface area contributed by atoms with Crippen LogP contribution in [0.5, 0.6) is 0 Å². The summed E-state index contributed by atoms with van der Waals surface area (Å²) in [5, 5.41) is 11.0. The van der Waals surface area contributed by atoms with Gasteiger partial charge in [0, 0.05) is 64.8 Å². The summed E-state index contributed by atoms with van der Waals surface area (Å²) in [5.74, 6) is -0.187. The molecular weight excluding hydrogens is 346 g/mol. The molecule has 2 aliphatic rings. The molecule has 8 nitrogen and oxygen atoms in total. The number of nitrogens with zero attached hydrogens (tertiary/aromatic N) is 5. The minimum atomic E-state index is -0.797. The van der Waals surface area contributed by atoms with Crippen LogP contribution in [0.3, 0.4) is 0 Å². The minimum Gasteiger partial charge on any atom is -0.389 e. The zero-order valence-electron chi connectivity index (χ0n) is 15.7. The van der Waals surface area contributed by atoms with Crippen LogP contribution in [0.25, 0.3) is 5.65 Å². The van der Waals surface area contributed by atoms with E-state index in [4.69, 9.17) is 0 Å². The van der Waals surface area contributed by atoms with Gasteiger partial charge in [-0.2, -0.15) is 0 Å². The Morgan fingerprint density at radius 2 is 1.89 bits per heavy atom. The molecule has 1 N–H and O–H groups in total. The summed E-state index contributed by atoms with van der Waals surface area (Å²) >= 11 is 0. The summed E-state index contributed by atoms with van der Waals surface area (Å²) in [6.07, 6.45) is 6.39. The second-order valence-electron chi connectivity index (χ2n) is 7.79. The maximum atomic E-state index is 13.0. The van der Waals surface area contributed by atoms with E-state index in [1.54, 1.807) is 47.3 Å². The van der Waals surface area contributed by atoms with E-state index in [1.807, 2.05) is 16.7 Å². The van der Waals surface area contributed by atoms with E-state index in [0.29, 0.717) is 44.6 Å². The molecule has 2 atom stereocenters. The first-order chi connectivity index (χ1) is 12.9. The van der Waals surface area contributed by atoms with Crippen LogP contribution in [0.1, 0.15) is 23.2 Å². The van der Waals surface area contributed by atoms with E-state index >= 15 is 0 Å². The number of imidazole rings is 1. The largest absolute Gasteiger partial charge is 0.389 e.